The molecule has 0 saturated carbocycles. The van der Waals surface area contributed by atoms with Gasteiger partial charge < -0.3 is 14.5 Å². The summed E-state index contributed by atoms with van der Waals surface area (Å²) in [6.45, 7) is 3.97. The molecule has 0 spiro atoms. The molecule has 0 radical (unpaired) electrons. The van der Waals surface area contributed by atoms with Crippen LogP contribution in [0.25, 0.3) is 0 Å². The molecule has 1 saturated heterocycles. The lowest BCUT2D eigenvalue weighted by molar-refractivity contribution is 0.0655. The first-order chi connectivity index (χ1) is 17.5. The highest BCUT2D eigenvalue weighted by Crippen LogP contribution is 2.25. The summed E-state index contributed by atoms with van der Waals surface area (Å²) in [5.41, 5.74) is 4.27. The van der Waals surface area contributed by atoms with Crippen LogP contribution in [0.2, 0.25) is 0 Å². The second-order valence-corrected chi connectivity index (χ2v) is 9.18. The van der Waals surface area contributed by atoms with Gasteiger partial charge in [0.2, 0.25) is 0 Å². The van der Waals surface area contributed by atoms with Gasteiger partial charge in [-0.15, -0.1) is 0 Å². The van der Waals surface area contributed by atoms with Crippen molar-refractivity contribution in [3.8, 4) is 0 Å². The highest BCUT2D eigenvalue weighted by Gasteiger charge is 2.35. The van der Waals surface area contributed by atoms with Crippen LogP contribution in [0.15, 0.2) is 72.8 Å². The first-order valence-electron chi connectivity index (χ1n) is 12.2. The van der Waals surface area contributed by atoms with Gasteiger partial charge in [0.05, 0.1) is 24.3 Å². The molecular weight excluding hydrogens is 454 g/mol. The zero-order valence-corrected chi connectivity index (χ0v) is 20.4. The Bertz CT molecular complexity index is 1270. The first-order valence-corrected chi connectivity index (χ1v) is 12.2. The molecule has 3 aromatic rings. The largest absolute Gasteiger partial charge is 0.378 e. The van der Waals surface area contributed by atoms with Gasteiger partial charge in [0.25, 0.3) is 17.7 Å². The average Bonchev–Trinajstić information content (AvgIpc) is 3.17. The van der Waals surface area contributed by atoms with Gasteiger partial charge in [-0.25, -0.2) is 0 Å². The van der Waals surface area contributed by atoms with Crippen molar-refractivity contribution in [2.24, 2.45) is 0 Å². The number of carbonyl (C=O) groups excluding carboxylic acids is 3. The van der Waals surface area contributed by atoms with Crippen molar-refractivity contribution in [2.45, 2.75) is 13.0 Å². The van der Waals surface area contributed by atoms with Gasteiger partial charge in [0.1, 0.15) is 0 Å². The van der Waals surface area contributed by atoms with Crippen LogP contribution in [-0.4, -0.2) is 67.4 Å². The first kappa shape index (κ1) is 23.8. The quantitative estimate of drug-likeness (QED) is 0.480. The summed E-state index contributed by atoms with van der Waals surface area (Å²) in [6, 6.07) is 22.7. The molecule has 0 atom stereocenters. The highest BCUT2D eigenvalue weighted by molar-refractivity contribution is 6.22. The van der Waals surface area contributed by atoms with Crippen LogP contribution in [0.5, 0.6) is 0 Å². The molecule has 7 heteroatoms. The SMILES string of the molecule is CN(Cc1ccc(N2CCOCC2)cc1)C(=O)c1ccc2c(c1)C(=O)N(CCc1ccccc1)C2=O. The highest BCUT2D eigenvalue weighted by atomic mass is 16.5. The number of morpholine rings is 1. The monoisotopic (exact) mass is 483 g/mol. The summed E-state index contributed by atoms with van der Waals surface area (Å²) in [7, 11) is 1.74. The molecule has 0 aromatic heterocycles. The molecule has 2 aliphatic rings. The van der Waals surface area contributed by atoms with Crippen molar-refractivity contribution in [2.75, 3.05) is 44.8 Å². The van der Waals surface area contributed by atoms with Crippen LogP contribution in [0.4, 0.5) is 5.69 Å². The van der Waals surface area contributed by atoms with Crippen LogP contribution in [-0.2, 0) is 17.7 Å². The van der Waals surface area contributed by atoms with Gasteiger partial charge in [-0.3, -0.25) is 19.3 Å². The van der Waals surface area contributed by atoms with E-state index in [9.17, 15) is 14.4 Å². The van der Waals surface area contributed by atoms with Crippen molar-refractivity contribution in [1.82, 2.24) is 9.80 Å². The number of hydrogen-bond donors (Lipinski definition) is 0. The van der Waals surface area contributed by atoms with Crippen LogP contribution in [0, 0.1) is 0 Å². The summed E-state index contributed by atoms with van der Waals surface area (Å²) in [5.74, 6) is -0.849. The van der Waals surface area contributed by atoms with E-state index < -0.39 is 0 Å². The van der Waals surface area contributed by atoms with E-state index in [2.05, 4.69) is 17.0 Å². The lowest BCUT2D eigenvalue weighted by Crippen LogP contribution is -2.36. The minimum absolute atomic E-state index is 0.196. The molecular formula is C29H29N3O4. The molecule has 0 N–H and O–H groups in total. The van der Waals surface area contributed by atoms with E-state index in [0.717, 1.165) is 43.1 Å². The van der Waals surface area contributed by atoms with E-state index in [-0.39, 0.29) is 17.7 Å². The predicted molar refractivity (Wildman–Crippen MR) is 137 cm³/mol. The molecule has 5 rings (SSSR count). The molecule has 3 aromatic carbocycles. The normalized spacial score (nSPS) is 15.2. The molecule has 2 heterocycles. The number of anilines is 1. The van der Waals surface area contributed by atoms with E-state index in [1.807, 2.05) is 42.5 Å². The van der Waals surface area contributed by atoms with Gasteiger partial charge in [0, 0.05) is 44.5 Å². The number of fused-ring (bicyclic) bond motifs is 1. The number of amides is 3. The maximum Gasteiger partial charge on any atom is 0.261 e. The summed E-state index contributed by atoms with van der Waals surface area (Å²) >= 11 is 0. The van der Waals surface area contributed by atoms with Gasteiger partial charge in [-0.05, 0) is 47.9 Å². The molecule has 0 bridgehead atoms. The molecule has 7 nitrogen and oxygen atoms in total. The maximum atomic E-state index is 13.1. The lowest BCUT2D eigenvalue weighted by atomic mass is 10.0. The molecule has 184 valence electrons. The van der Waals surface area contributed by atoms with Gasteiger partial charge in [0.15, 0.2) is 0 Å². The third kappa shape index (κ3) is 4.88. The third-order valence-corrected chi connectivity index (χ3v) is 6.76. The Hall–Kier alpha value is -3.97. The molecule has 36 heavy (non-hydrogen) atoms. The summed E-state index contributed by atoms with van der Waals surface area (Å²) in [6.07, 6.45) is 0.588. The Morgan fingerprint density at radius 3 is 2.28 bits per heavy atom. The number of rotatable bonds is 7. The van der Waals surface area contributed by atoms with E-state index in [1.54, 1.807) is 30.1 Å². The molecule has 1 fully saturated rings. The number of nitrogens with zero attached hydrogens (tertiary/aromatic N) is 3. The topological polar surface area (TPSA) is 70.2 Å². The smallest absolute Gasteiger partial charge is 0.261 e. The van der Waals surface area contributed by atoms with Crippen LogP contribution in [0.3, 0.4) is 0 Å². The Balaban J connectivity index is 1.24. The second-order valence-electron chi connectivity index (χ2n) is 9.18. The predicted octanol–water partition coefficient (Wildman–Crippen LogP) is 3.63. The standard InChI is InChI=1S/C29H29N3O4/c1-30(20-22-7-10-24(11-8-22)31-15-17-36-18-16-31)27(33)23-9-12-25-26(19-23)29(35)32(28(25)34)14-13-21-5-3-2-4-6-21/h2-12,19H,13-18,20H2,1H3. The fraction of sp³-hybridized carbons (Fsp3) is 0.276. The number of benzene rings is 3. The molecule has 2 aliphatic heterocycles. The van der Waals surface area contributed by atoms with E-state index in [0.29, 0.717) is 36.2 Å². The minimum atomic E-state index is -0.345. The minimum Gasteiger partial charge on any atom is -0.378 e. The van der Waals surface area contributed by atoms with Crippen LogP contribution in [0.1, 0.15) is 42.2 Å². The number of ether oxygens (including phenoxy) is 1. The third-order valence-electron chi connectivity index (χ3n) is 6.76. The zero-order valence-electron chi connectivity index (χ0n) is 20.4. The maximum absolute atomic E-state index is 13.1. The Morgan fingerprint density at radius 1 is 0.861 bits per heavy atom. The summed E-state index contributed by atoms with van der Waals surface area (Å²) < 4.78 is 5.41. The Kier molecular flexibility index (Phi) is 6.82. The summed E-state index contributed by atoms with van der Waals surface area (Å²) in [4.78, 5) is 44.1. The van der Waals surface area contributed by atoms with E-state index in [1.165, 1.54) is 4.90 Å². The zero-order chi connectivity index (χ0) is 25.1. The second kappa shape index (κ2) is 10.3. The molecule has 0 aliphatic carbocycles. The van der Waals surface area contributed by atoms with Crippen molar-refractivity contribution < 1.29 is 19.1 Å². The Labute approximate surface area is 210 Å². The summed E-state index contributed by atoms with van der Waals surface area (Å²) in [5, 5.41) is 0. The fourth-order valence-corrected chi connectivity index (χ4v) is 4.71. The van der Waals surface area contributed by atoms with Crippen molar-refractivity contribution >= 4 is 23.4 Å². The van der Waals surface area contributed by atoms with Crippen molar-refractivity contribution in [3.05, 3.63) is 101 Å². The van der Waals surface area contributed by atoms with E-state index >= 15 is 0 Å². The lowest BCUT2D eigenvalue weighted by Gasteiger charge is -2.29. The Morgan fingerprint density at radius 2 is 1.56 bits per heavy atom. The molecule has 3 amide bonds. The van der Waals surface area contributed by atoms with Crippen molar-refractivity contribution in [3.63, 3.8) is 0 Å². The van der Waals surface area contributed by atoms with E-state index in [4.69, 9.17) is 4.74 Å². The number of carbonyl (C=O) groups is 3. The van der Waals surface area contributed by atoms with Gasteiger partial charge in [-0.1, -0.05) is 42.5 Å². The molecule has 0 unspecified atom stereocenters. The van der Waals surface area contributed by atoms with Crippen molar-refractivity contribution in [1.29, 1.82) is 0 Å². The van der Waals surface area contributed by atoms with Crippen LogP contribution >= 0.6 is 0 Å². The average molecular weight is 484 g/mol. The van der Waals surface area contributed by atoms with Crippen LogP contribution < -0.4 is 4.90 Å². The van der Waals surface area contributed by atoms with Gasteiger partial charge in [-0.2, -0.15) is 0 Å². The number of imide groups is 1. The van der Waals surface area contributed by atoms with Gasteiger partial charge >= 0.3 is 0 Å². The fourth-order valence-electron chi connectivity index (χ4n) is 4.71. The number of hydrogen-bond acceptors (Lipinski definition) is 5.